The highest BCUT2D eigenvalue weighted by molar-refractivity contribution is 7.13. The molecule has 39 heavy (non-hydrogen) atoms. The Hall–Kier alpha value is -3.35. The van der Waals surface area contributed by atoms with Crippen LogP contribution in [0.1, 0.15) is 51.1 Å². The molecule has 0 saturated carbocycles. The molecule has 10 nitrogen and oxygen atoms in total. The number of aromatic amines is 1. The van der Waals surface area contributed by atoms with Crippen molar-refractivity contribution >= 4 is 40.0 Å². The second-order valence-corrected chi connectivity index (χ2v) is 11.4. The predicted octanol–water partition coefficient (Wildman–Crippen LogP) is 2.31. The van der Waals surface area contributed by atoms with Gasteiger partial charge in [-0.05, 0) is 44.5 Å². The highest BCUT2D eigenvalue weighted by Gasteiger charge is 2.35. The number of fused-ring (bicyclic) bond motifs is 2. The number of aromatic nitrogens is 2. The number of benzene rings is 1. The van der Waals surface area contributed by atoms with E-state index in [1.807, 2.05) is 0 Å². The molecular formula is C27H33FN6O4S. The van der Waals surface area contributed by atoms with Gasteiger partial charge in [-0.3, -0.25) is 19.3 Å². The maximum Gasteiger partial charge on any atom is 0.280 e. The summed E-state index contributed by atoms with van der Waals surface area (Å²) in [7, 11) is 1.46. The van der Waals surface area contributed by atoms with Crippen molar-refractivity contribution in [2.24, 2.45) is 0 Å². The summed E-state index contributed by atoms with van der Waals surface area (Å²) < 4.78 is 18.6. The van der Waals surface area contributed by atoms with Crippen molar-refractivity contribution in [2.75, 3.05) is 33.4 Å². The molecule has 1 aromatic carbocycles. The summed E-state index contributed by atoms with van der Waals surface area (Å²) in [6.45, 7) is 6.56. The first-order valence-corrected chi connectivity index (χ1v) is 13.9. The second kappa shape index (κ2) is 11.4. The van der Waals surface area contributed by atoms with E-state index < -0.39 is 12.1 Å². The lowest BCUT2D eigenvalue weighted by atomic mass is 9.98. The number of methoxy groups -OCH3 is 1. The van der Waals surface area contributed by atoms with E-state index in [0.29, 0.717) is 40.6 Å². The van der Waals surface area contributed by atoms with E-state index in [0.717, 1.165) is 30.1 Å². The first-order valence-electron chi connectivity index (χ1n) is 13.1. The van der Waals surface area contributed by atoms with Crippen LogP contribution in [0.3, 0.4) is 0 Å². The van der Waals surface area contributed by atoms with Crippen molar-refractivity contribution in [2.45, 2.75) is 51.4 Å². The van der Waals surface area contributed by atoms with Crippen LogP contribution in [-0.4, -0.2) is 89.0 Å². The van der Waals surface area contributed by atoms with Crippen LogP contribution in [0, 0.1) is 5.82 Å². The van der Waals surface area contributed by atoms with Crippen molar-refractivity contribution in [3.8, 4) is 0 Å². The summed E-state index contributed by atoms with van der Waals surface area (Å²) in [5.74, 6) is -1.26. The minimum Gasteiger partial charge on any atom is -0.375 e. The molecule has 0 radical (unpaired) electrons. The number of H-pyrrole nitrogens is 1. The maximum absolute atomic E-state index is 13.6. The SMILES string of the molecule is COCC(=O)N1CCC(NC(=O)c2cc3cc(F)ccc3[nH]2)C(NC(=O)c2nc3c(s2)CN(C(C)C)CC3)C1. The molecule has 12 heteroatoms. The molecule has 2 aliphatic heterocycles. The van der Waals surface area contributed by atoms with Gasteiger partial charge < -0.3 is 25.3 Å². The van der Waals surface area contributed by atoms with Crippen LogP contribution in [0.4, 0.5) is 4.39 Å². The number of carbonyl (C=O) groups excluding carboxylic acids is 3. The number of piperidine rings is 1. The molecule has 2 aliphatic rings. The van der Waals surface area contributed by atoms with E-state index in [9.17, 15) is 18.8 Å². The number of carbonyl (C=O) groups is 3. The Morgan fingerprint density at radius 2 is 1.97 bits per heavy atom. The third kappa shape index (κ3) is 5.97. The second-order valence-electron chi connectivity index (χ2n) is 10.3. The number of ether oxygens (including phenoxy) is 1. The van der Waals surface area contributed by atoms with E-state index in [-0.39, 0.29) is 36.7 Å². The molecule has 0 aliphatic carbocycles. The van der Waals surface area contributed by atoms with Crippen molar-refractivity contribution in [3.05, 3.63) is 51.4 Å². The van der Waals surface area contributed by atoms with Crippen LogP contribution >= 0.6 is 11.3 Å². The van der Waals surface area contributed by atoms with Gasteiger partial charge >= 0.3 is 0 Å². The van der Waals surface area contributed by atoms with Gasteiger partial charge in [0.1, 0.15) is 18.1 Å². The lowest BCUT2D eigenvalue weighted by molar-refractivity contribution is -0.136. The van der Waals surface area contributed by atoms with Gasteiger partial charge in [0, 0.05) is 61.5 Å². The molecule has 2 atom stereocenters. The number of rotatable bonds is 7. The zero-order valence-corrected chi connectivity index (χ0v) is 23.1. The van der Waals surface area contributed by atoms with Gasteiger partial charge in [-0.1, -0.05) is 0 Å². The Kier molecular flexibility index (Phi) is 7.96. The highest BCUT2D eigenvalue weighted by Crippen LogP contribution is 2.27. The normalized spacial score (nSPS) is 19.8. The number of hydrogen-bond donors (Lipinski definition) is 3. The average molecular weight is 557 g/mol. The van der Waals surface area contributed by atoms with E-state index in [1.54, 1.807) is 17.0 Å². The predicted molar refractivity (Wildman–Crippen MR) is 145 cm³/mol. The summed E-state index contributed by atoms with van der Waals surface area (Å²) in [4.78, 5) is 51.7. The molecule has 0 spiro atoms. The molecule has 2 aromatic heterocycles. The summed E-state index contributed by atoms with van der Waals surface area (Å²) in [6, 6.07) is 5.32. The van der Waals surface area contributed by atoms with Crippen LogP contribution in [0.15, 0.2) is 24.3 Å². The number of likely N-dealkylation sites (tertiary alicyclic amines) is 1. The van der Waals surface area contributed by atoms with E-state index in [2.05, 4.69) is 39.3 Å². The summed E-state index contributed by atoms with van der Waals surface area (Å²) in [5.41, 5.74) is 1.90. The fourth-order valence-electron chi connectivity index (χ4n) is 5.17. The monoisotopic (exact) mass is 556 g/mol. The van der Waals surface area contributed by atoms with Crippen LogP contribution in [0.25, 0.3) is 10.9 Å². The Labute approximate surface area is 229 Å². The standard InChI is InChI=1S/C27H33FN6O4S/c1-15(2)33-8-7-20-23(13-33)39-27(32-20)26(37)31-22-12-34(24(35)14-38-3)9-6-19(22)30-25(36)21-11-16-10-17(28)4-5-18(16)29-21/h4-5,10-11,15,19,22,29H,6-9,12-14H2,1-3H3,(H,30,36)(H,31,37). The topological polar surface area (TPSA) is 120 Å². The number of nitrogens with one attached hydrogen (secondary N) is 3. The van der Waals surface area contributed by atoms with E-state index >= 15 is 0 Å². The Bertz CT molecular complexity index is 1390. The summed E-state index contributed by atoms with van der Waals surface area (Å²) >= 11 is 1.40. The molecule has 1 fully saturated rings. The number of thiazole rings is 1. The lowest BCUT2D eigenvalue weighted by Gasteiger charge is -2.39. The van der Waals surface area contributed by atoms with Crippen LogP contribution in [0.2, 0.25) is 0 Å². The Morgan fingerprint density at radius 3 is 2.74 bits per heavy atom. The minimum atomic E-state index is -0.536. The summed E-state index contributed by atoms with van der Waals surface area (Å²) in [5, 5.41) is 7.01. The van der Waals surface area contributed by atoms with Crippen LogP contribution < -0.4 is 10.6 Å². The van der Waals surface area contributed by atoms with Crippen LogP contribution in [0.5, 0.6) is 0 Å². The van der Waals surface area contributed by atoms with Gasteiger partial charge in [0.2, 0.25) is 5.91 Å². The largest absolute Gasteiger partial charge is 0.375 e. The average Bonchev–Trinajstić information content (AvgIpc) is 3.53. The zero-order valence-electron chi connectivity index (χ0n) is 22.3. The number of halogens is 1. The number of nitrogens with zero attached hydrogens (tertiary/aromatic N) is 3. The van der Waals surface area contributed by atoms with Crippen molar-refractivity contribution < 1.29 is 23.5 Å². The summed E-state index contributed by atoms with van der Waals surface area (Å²) in [6.07, 6.45) is 1.24. The third-order valence-electron chi connectivity index (χ3n) is 7.38. The maximum atomic E-state index is 13.6. The molecule has 5 rings (SSSR count). The van der Waals surface area contributed by atoms with Gasteiger partial charge in [-0.25, -0.2) is 9.37 Å². The number of hydrogen-bond acceptors (Lipinski definition) is 7. The van der Waals surface area contributed by atoms with Gasteiger partial charge in [0.15, 0.2) is 5.01 Å². The molecule has 3 amide bonds. The van der Waals surface area contributed by atoms with E-state index in [4.69, 9.17) is 4.74 Å². The first kappa shape index (κ1) is 27.2. The zero-order chi connectivity index (χ0) is 27.7. The molecule has 3 N–H and O–H groups in total. The van der Waals surface area contributed by atoms with Gasteiger partial charge in [0.25, 0.3) is 11.8 Å². The van der Waals surface area contributed by atoms with Crippen molar-refractivity contribution in [1.29, 1.82) is 0 Å². The fraction of sp³-hybridized carbons (Fsp3) is 0.481. The molecular weight excluding hydrogens is 523 g/mol. The van der Waals surface area contributed by atoms with Crippen molar-refractivity contribution in [3.63, 3.8) is 0 Å². The molecule has 208 valence electrons. The van der Waals surface area contributed by atoms with Gasteiger partial charge in [0.05, 0.1) is 17.8 Å². The van der Waals surface area contributed by atoms with Crippen LogP contribution in [-0.2, 0) is 22.5 Å². The van der Waals surface area contributed by atoms with Crippen molar-refractivity contribution in [1.82, 2.24) is 30.4 Å². The molecule has 4 heterocycles. The van der Waals surface area contributed by atoms with E-state index in [1.165, 1.54) is 30.6 Å². The molecule has 2 unspecified atom stereocenters. The Balaban J connectivity index is 1.32. The Morgan fingerprint density at radius 1 is 1.18 bits per heavy atom. The fourth-order valence-corrected chi connectivity index (χ4v) is 6.20. The minimum absolute atomic E-state index is 0.0606. The molecule has 1 saturated heterocycles. The molecule has 0 bridgehead atoms. The highest BCUT2D eigenvalue weighted by atomic mass is 32.1. The third-order valence-corrected chi connectivity index (χ3v) is 8.46. The lowest BCUT2D eigenvalue weighted by Crippen LogP contribution is -2.61. The number of amides is 3. The van der Waals surface area contributed by atoms with Gasteiger partial charge in [-0.2, -0.15) is 0 Å². The van der Waals surface area contributed by atoms with Gasteiger partial charge in [-0.15, -0.1) is 11.3 Å². The molecule has 3 aromatic rings. The first-order chi connectivity index (χ1) is 18.7. The smallest absolute Gasteiger partial charge is 0.280 e. The quantitative estimate of drug-likeness (QED) is 0.411.